The summed E-state index contributed by atoms with van der Waals surface area (Å²) in [5.41, 5.74) is 4.78. The van der Waals surface area contributed by atoms with E-state index in [1.165, 1.54) is 0 Å². The third kappa shape index (κ3) is 2.08. The lowest BCUT2D eigenvalue weighted by molar-refractivity contribution is 0.0699. The van der Waals surface area contributed by atoms with Crippen molar-refractivity contribution < 1.29 is 9.90 Å². The van der Waals surface area contributed by atoms with Gasteiger partial charge in [-0.2, -0.15) is 11.3 Å². The number of carboxylic acid groups (broad SMARTS) is 1. The summed E-state index contributed by atoms with van der Waals surface area (Å²) in [7, 11) is 0. The molecule has 3 rings (SSSR count). The number of thiophene rings is 1. The summed E-state index contributed by atoms with van der Waals surface area (Å²) in [6.07, 6.45) is 0. The highest BCUT2D eigenvalue weighted by Crippen LogP contribution is 2.28. The zero-order valence-electron chi connectivity index (χ0n) is 11.2. The smallest absolute Gasteiger partial charge is 0.336 e. The standard InChI is InChI=1S/C16H13NO2S/c1-9-5-10(2)15-12(6-9)13(16(18)19)7-14(17-15)11-3-4-20-8-11/h3-8H,1-2H3,(H,18,19). The maximum absolute atomic E-state index is 11.5. The Balaban J connectivity index is 2.40. The van der Waals surface area contributed by atoms with Gasteiger partial charge in [0.15, 0.2) is 0 Å². The van der Waals surface area contributed by atoms with E-state index in [9.17, 15) is 9.90 Å². The van der Waals surface area contributed by atoms with Gasteiger partial charge in [0.2, 0.25) is 0 Å². The maximum Gasteiger partial charge on any atom is 0.336 e. The Morgan fingerprint density at radius 2 is 2.05 bits per heavy atom. The van der Waals surface area contributed by atoms with Crippen molar-refractivity contribution in [2.75, 3.05) is 0 Å². The number of pyridine rings is 1. The highest BCUT2D eigenvalue weighted by molar-refractivity contribution is 7.08. The Morgan fingerprint density at radius 1 is 1.25 bits per heavy atom. The number of benzene rings is 1. The van der Waals surface area contributed by atoms with E-state index in [1.54, 1.807) is 17.4 Å². The molecule has 20 heavy (non-hydrogen) atoms. The van der Waals surface area contributed by atoms with Crippen LogP contribution in [0.25, 0.3) is 22.2 Å². The third-order valence-electron chi connectivity index (χ3n) is 3.30. The first kappa shape index (κ1) is 12.8. The van der Waals surface area contributed by atoms with Gasteiger partial charge < -0.3 is 5.11 Å². The van der Waals surface area contributed by atoms with Gasteiger partial charge in [-0.3, -0.25) is 0 Å². The summed E-state index contributed by atoms with van der Waals surface area (Å²) in [5.74, 6) is -0.918. The number of hydrogen-bond acceptors (Lipinski definition) is 3. The van der Waals surface area contributed by atoms with Crippen LogP contribution in [-0.4, -0.2) is 16.1 Å². The molecule has 0 aliphatic rings. The van der Waals surface area contributed by atoms with Crippen LogP contribution in [0.2, 0.25) is 0 Å². The molecule has 1 aromatic carbocycles. The average molecular weight is 283 g/mol. The lowest BCUT2D eigenvalue weighted by atomic mass is 10.0. The van der Waals surface area contributed by atoms with E-state index in [1.807, 2.05) is 42.8 Å². The van der Waals surface area contributed by atoms with Crippen LogP contribution in [-0.2, 0) is 0 Å². The number of aromatic nitrogens is 1. The van der Waals surface area contributed by atoms with Crippen LogP contribution < -0.4 is 0 Å². The molecular formula is C16H13NO2S. The summed E-state index contributed by atoms with van der Waals surface area (Å²) in [6, 6.07) is 7.52. The van der Waals surface area contributed by atoms with Gasteiger partial charge in [-0.05, 0) is 43.0 Å². The van der Waals surface area contributed by atoms with Gasteiger partial charge >= 0.3 is 5.97 Å². The minimum Gasteiger partial charge on any atom is -0.478 e. The summed E-state index contributed by atoms with van der Waals surface area (Å²) in [6.45, 7) is 3.93. The molecular weight excluding hydrogens is 270 g/mol. The van der Waals surface area contributed by atoms with E-state index in [4.69, 9.17) is 0 Å². The van der Waals surface area contributed by atoms with Crippen LogP contribution in [0.5, 0.6) is 0 Å². The average Bonchev–Trinajstić information content (AvgIpc) is 2.91. The number of rotatable bonds is 2. The molecule has 0 aliphatic carbocycles. The maximum atomic E-state index is 11.5. The predicted molar refractivity (Wildman–Crippen MR) is 81.5 cm³/mol. The highest BCUT2D eigenvalue weighted by Gasteiger charge is 2.14. The molecule has 0 unspecified atom stereocenters. The molecule has 4 heteroatoms. The Morgan fingerprint density at radius 3 is 2.70 bits per heavy atom. The molecule has 0 saturated heterocycles. The van der Waals surface area contributed by atoms with Crippen LogP contribution in [0.4, 0.5) is 0 Å². The molecule has 0 fully saturated rings. The van der Waals surface area contributed by atoms with Crippen molar-refractivity contribution in [1.82, 2.24) is 4.98 Å². The van der Waals surface area contributed by atoms with Gasteiger partial charge in [0.05, 0.1) is 16.8 Å². The zero-order chi connectivity index (χ0) is 14.3. The first-order valence-electron chi connectivity index (χ1n) is 6.24. The summed E-state index contributed by atoms with van der Waals surface area (Å²) in [4.78, 5) is 16.2. The normalized spacial score (nSPS) is 10.9. The number of carbonyl (C=O) groups is 1. The van der Waals surface area contributed by atoms with Gasteiger partial charge in [0.25, 0.3) is 0 Å². The first-order valence-corrected chi connectivity index (χ1v) is 7.18. The number of aryl methyl sites for hydroxylation is 2. The summed E-state index contributed by atoms with van der Waals surface area (Å²) >= 11 is 1.57. The number of fused-ring (bicyclic) bond motifs is 1. The molecule has 0 aliphatic heterocycles. The van der Waals surface area contributed by atoms with Crippen molar-refractivity contribution in [3.63, 3.8) is 0 Å². The van der Waals surface area contributed by atoms with Crippen molar-refractivity contribution >= 4 is 28.2 Å². The number of nitrogens with zero attached hydrogens (tertiary/aromatic N) is 1. The third-order valence-corrected chi connectivity index (χ3v) is 3.98. The van der Waals surface area contributed by atoms with Crippen LogP contribution >= 0.6 is 11.3 Å². The van der Waals surface area contributed by atoms with Crippen molar-refractivity contribution in [1.29, 1.82) is 0 Å². The molecule has 0 spiro atoms. The number of carboxylic acids is 1. The fraction of sp³-hybridized carbons (Fsp3) is 0.125. The topological polar surface area (TPSA) is 50.2 Å². The van der Waals surface area contributed by atoms with Crippen LogP contribution in [0.15, 0.2) is 35.0 Å². The van der Waals surface area contributed by atoms with E-state index in [0.717, 1.165) is 22.2 Å². The van der Waals surface area contributed by atoms with E-state index in [-0.39, 0.29) is 0 Å². The Kier molecular flexibility index (Phi) is 3.03. The summed E-state index contributed by atoms with van der Waals surface area (Å²) < 4.78 is 0. The van der Waals surface area contributed by atoms with E-state index in [2.05, 4.69) is 4.98 Å². The second-order valence-electron chi connectivity index (χ2n) is 4.85. The molecule has 0 amide bonds. The molecule has 0 bridgehead atoms. The van der Waals surface area contributed by atoms with Crippen LogP contribution in [0.3, 0.4) is 0 Å². The van der Waals surface area contributed by atoms with Gasteiger partial charge in [-0.15, -0.1) is 0 Å². The minimum absolute atomic E-state index is 0.308. The molecule has 3 nitrogen and oxygen atoms in total. The Bertz CT molecular complexity index is 807. The molecule has 1 N–H and O–H groups in total. The highest BCUT2D eigenvalue weighted by atomic mass is 32.1. The molecule has 0 radical (unpaired) electrons. The predicted octanol–water partition coefficient (Wildman–Crippen LogP) is 4.28. The second kappa shape index (κ2) is 4.72. The van der Waals surface area contributed by atoms with Gasteiger partial charge in [-0.1, -0.05) is 11.6 Å². The monoisotopic (exact) mass is 283 g/mol. The summed E-state index contributed by atoms with van der Waals surface area (Å²) in [5, 5.41) is 14.1. The quantitative estimate of drug-likeness (QED) is 0.763. The van der Waals surface area contributed by atoms with Gasteiger partial charge in [0.1, 0.15) is 0 Å². The SMILES string of the molecule is Cc1cc(C)c2nc(-c3ccsc3)cc(C(=O)O)c2c1. The Labute approximate surface area is 120 Å². The molecule has 2 aromatic heterocycles. The van der Waals surface area contributed by atoms with E-state index < -0.39 is 5.97 Å². The second-order valence-corrected chi connectivity index (χ2v) is 5.63. The van der Waals surface area contributed by atoms with Crippen LogP contribution in [0, 0.1) is 13.8 Å². The van der Waals surface area contributed by atoms with Crippen molar-refractivity contribution in [2.24, 2.45) is 0 Å². The van der Waals surface area contributed by atoms with Crippen molar-refractivity contribution in [2.45, 2.75) is 13.8 Å². The molecule has 2 heterocycles. The fourth-order valence-corrected chi connectivity index (χ4v) is 3.07. The van der Waals surface area contributed by atoms with Crippen molar-refractivity contribution in [3.05, 3.63) is 51.7 Å². The lowest BCUT2D eigenvalue weighted by Gasteiger charge is -2.09. The lowest BCUT2D eigenvalue weighted by Crippen LogP contribution is -2.01. The fourth-order valence-electron chi connectivity index (χ4n) is 2.42. The van der Waals surface area contributed by atoms with Gasteiger partial charge in [0, 0.05) is 16.3 Å². The Hall–Kier alpha value is -2.20. The zero-order valence-corrected chi connectivity index (χ0v) is 12.0. The first-order chi connectivity index (χ1) is 9.56. The van der Waals surface area contributed by atoms with E-state index >= 15 is 0 Å². The molecule has 100 valence electrons. The molecule has 0 atom stereocenters. The largest absolute Gasteiger partial charge is 0.478 e. The van der Waals surface area contributed by atoms with Crippen LogP contribution in [0.1, 0.15) is 21.5 Å². The van der Waals surface area contributed by atoms with E-state index in [0.29, 0.717) is 16.6 Å². The number of hydrogen-bond donors (Lipinski definition) is 1. The van der Waals surface area contributed by atoms with Crippen molar-refractivity contribution in [3.8, 4) is 11.3 Å². The molecule has 3 aromatic rings. The number of aromatic carboxylic acids is 1. The minimum atomic E-state index is -0.918. The van der Waals surface area contributed by atoms with Gasteiger partial charge in [-0.25, -0.2) is 9.78 Å². The molecule has 0 saturated carbocycles.